The van der Waals surface area contributed by atoms with Gasteiger partial charge in [-0.2, -0.15) is 5.10 Å². The van der Waals surface area contributed by atoms with Crippen LogP contribution in [0.3, 0.4) is 0 Å². The van der Waals surface area contributed by atoms with Gasteiger partial charge in [0.05, 0.1) is 17.4 Å². The minimum absolute atomic E-state index is 0.126. The molecule has 26 heavy (non-hydrogen) atoms. The summed E-state index contributed by atoms with van der Waals surface area (Å²) in [6.07, 6.45) is 4.34. The van der Waals surface area contributed by atoms with E-state index in [1.807, 2.05) is 0 Å². The summed E-state index contributed by atoms with van der Waals surface area (Å²) in [4.78, 5) is 37.5. The van der Waals surface area contributed by atoms with Crippen LogP contribution in [0.4, 0.5) is 5.69 Å². The lowest BCUT2D eigenvalue weighted by Crippen LogP contribution is -2.41. The fraction of sp³-hybridized carbons (Fsp3) is 0.333. The second-order valence-electron chi connectivity index (χ2n) is 6.23. The molecule has 8 nitrogen and oxygen atoms in total. The number of carboxylic acid groups (broad SMARTS) is 1. The fourth-order valence-electron chi connectivity index (χ4n) is 3.08. The second-order valence-corrected chi connectivity index (χ2v) is 6.23. The lowest BCUT2D eigenvalue weighted by Gasteiger charge is -2.15. The molecule has 8 heteroatoms. The molecule has 136 valence electrons. The summed E-state index contributed by atoms with van der Waals surface area (Å²) in [5, 5.41) is 16.0. The number of carbonyl (C=O) groups excluding carboxylic acids is 2. The summed E-state index contributed by atoms with van der Waals surface area (Å²) < 4.78 is 1.62. The molecule has 0 radical (unpaired) electrons. The average molecular weight is 356 g/mol. The van der Waals surface area contributed by atoms with Crippen molar-refractivity contribution in [2.24, 2.45) is 7.05 Å². The van der Waals surface area contributed by atoms with Crippen molar-refractivity contribution in [2.45, 2.75) is 25.3 Å². The molecule has 2 heterocycles. The van der Waals surface area contributed by atoms with Crippen LogP contribution in [0.5, 0.6) is 0 Å². The molecule has 1 aliphatic rings. The van der Waals surface area contributed by atoms with Gasteiger partial charge in [-0.1, -0.05) is 18.2 Å². The van der Waals surface area contributed by atoms with Gasteiger partial charge in [0.2, 0.25) is 11.8 Å². The molecule has 1 atom stereocenters. The maximum absolute atomic E-state index is 12.5. The summed E-state index contributed by atoms with van der Waals surface area (Å²) in [6.45, 7) is 0.525. The Balaban J connectivity index is 1.56. The smallest absolute Gasteiger partial charge is 0.335 e. The minimum Gasteiger partial charge on any atom is -0.478 e. The highest BCUT2D eigenvalue weighted by Crippen LogP contribution is 2.21. The molecule has 0 spiro atoms. The molecule has 1 aromatic heterocycles. The van der Waals surface area contributed by atoms with Gasteiger partial charge in [0, 0.05) is 26.2 Å². The molecule has 2 amide bonds. The van der Waals surface area contributed by atoms with Gasteiger partial charge in [-0.15, -0.1) is 0 Å². The van der Waals surface area contributed by atoms with Crippen LogP contribution < -0.4 is 10.2 Å². The molecule has 1 unspecified atom stereocenters. The molecule has 0 aliphatic carbocycles. The molecule has 1 aliphatic heterocycles. The second kappa shape index (κ2) is 7.38. The average Bonchev–Trinajstić information content (AvgIpc) is 3.19. The summed E-state index contributed by atoms with van der Waals surface area (Å²) >= 11 is 0. The van der Waals surface area contributed by atoms with E-state index in [1.165, 1.54) is 6.07 Å². The van der Waals surface area contributed by atoms with Crippen molar-refractivity contribution in [2.75, 3.05) is 11.4 Å². The monoisotopic (exact) mass is 356 g/mol. The zero-order valence-electron chi connectivity index (χ0n) is 14.4. The van der Waals surface area contributed by atoms with Gasteiger partial charge in [-0.25, -0.2) is 4.79 Å². The number of carboxylic acids is 1. The molecule has 3 rings (SSSR count). The first-order valence-electron chi connectivity index (χ1n) is 8.36. The van der Waals surface area contributed by atoms with Gasteiger partial charge in [0.25, 0.3) is 0 Å². The predicted molar refractivity (Wildman–Crippen MR) is 93.8 cm³/mol. The summed E-state index contributed by atoms with van der Waals surface area (Å²) in [6, 6.07) is 6.05. The van der Waals surface area contributed by atoms with E-state index >= 15 is 0 Å². The fourth-order valence-corrected chi connectivity index (χ4v) is 3.08. The minimum atomic E-state index is -1.01. The number of anilines is 1. The van der Waals surface area contributed by atoms with Gasteiger partial charge >= 0.3 is 5.97 Å². The van der Waals surface area contributed by atoms with Crippen LogP contribution in [0.2, 0.25) is 0 Å². The largest absolute Gasteiger partial charge is 0.478 e. The molecular weight excluding hydrogens is 336 g/mol. The van der Waals surface area contributed by atoms with Crippen molar-refractivity contribution in [1.29, 1.82) is 0 Å². The third-order valence-electron chi connectivity index (χ3n) is 4.41. The summed E-state index contributed by atoms with van der Waals surface area (Å²) in [5.74, 6) is -1.44. The maximum Gasteiger partial charge on any atom is 0.335 e. The van der Waals surface area contributed by atoms with E-state index in [1.54, 1.807) is 47.2 Å². The van der Waals surface area contributed by atoms with Gasteiger partial charge in [-0.05, 0) is 24.5 Å². The highest BCUT2D eigenvalue weighted by molar-refractivity contribution is 6.01. The van der Waals surface area contributed by atoms with Crippen LogP contribution in [-0.2, 0) is 23.1 Å². The molecule has 2 N–H and O–H groups in total. The molecule has 1 aromatic carbocycles. The topological polar surface area (TPSA) is 105 Å². The number of benzene rings is 1. The Labute approximate surface area is 150 Å². The standard InChI is InChI=1S/C18H20N4O4/c1-21-11-13(10-19-21)22-9-8-15(17(22)24)20-16(23)7-6-12-4-2-3-5-14(12)18(25)26/h2-5,10-11,15H,6-9H2,1H3,(H,20,23)(H,25,26). The van der Waals surface area contributed by atoms with Crippen LogP contribution in [0.25, 0.3) is 0 Å². The summed E-state index contributed by atoms with van der Waals surface area (Å²) in [5.41, 5.74) is 1.51. The van der Waals surface area contributed by atoms with Crippen LogP contribution in [0.1, 0.15) is 28.8 Å². The number of hydrogen-bond acceptors (Lipinski definition) is 4. The van der Waals surface area contributed by atoms with E-state index in [9.17, 15) is 19.5 Å². The molecule has 0 bridgehead atoms. The number of aryl methyl sites for hydroxylation is 2. The third-order valence-corrected chi connectivity index (χ3v) is 4.41. The molecule has 0 saturated carbocycles. The Morgan fingerprint density at radius 2 is 2.12 bits per heavy atom. The van der Waals surface area contributed by atoms with Crippen LogP contribution in [0, 0.1) is 0 Å². The zero-order chi connectivity index (χ0) is 18.7. The van der Waals surface area contributed by atoms with Crippen molar-refractivity contribution in [3.63, 3.8) is 0 Å². The number of amides is 2. The normalized spacial score (nSPS) is 16.7. The Bertz CT molecular complexity index is 845. The number of carbonyl (C=O) groups is 3. The van der Waals surface area contributed by atoms with E-state index in [4.69, 9.17) is 0 Å². The first-order valence-corrected chi connectivity index (χ1v) is 8.36. The van der Waals surface area contributed by atoms with Crippen molar-refractivity contribution in [3.8, 4) is 0 Å². The van der Waals surface area contributed by atoms with E-state index in [0.29, 0.717) is 30.6 Å². The summed E-state index contributed by atoms with van der Waals surface area (Å²) in [7, 11) is 1.78. The zero-order valence-corrected chi connectivity index (χ0v) is 14.4. The van der Waals surface area contributed by atoms with Crippen LogP contribution in [0.15, 0.2) is 36.7 Å². The van der Waals surface area contributed by atoms with Crippen molar-refractivity contribution < 1.29 is 19.5 Å². The van der Waals surface area contributed by atoms with Crippen molar-refractivity contribution in [1.82, 2.24) is 15.1 Å². The Kier molecular flexibility index (Phi) is 5.01. The van der Waals surface area contributed by atoms with E-state index in [-0.39, 0.29) is 23.8 Å². The highest BCUT2D eigenvalue weighted by atomic mass is 16.4. The first kappa shape index (κ1) is 17.7. The Hall–Kier alpha value is -3.16. The molecular formula is C18H20N4O4. The number of aromatic carboxylic acids is 1. The Morgan fingerprint density at radius 3 is 2.81 bits per heavy atom. The van der Waals surface area contributed by atoms with Crippen molar-refractivity contribution >= 4 is 23.5 Å². The lowest BCUT2D eigenvalue weighted by atomic mass is 10.0. The van der Waals surface area contributed by atoms with E-state index < -0.39 is 12.0 Å². The van der Waals surface area contributed by atoms with E-state index in [0.717, 1.165) is 0 Å². The first-order chi connectivity index (χ1) is 12.5. The number of hydrogen-bond donors (Lipinski definition) is 2. The third kappa shape index (κ3) is 3.74. The molecule has 1 fully saturated rings. The molecule has 2 aromatic rings. The van der Waals surface area contributed by atoms with Crippen molar-refractivity contribution in [3.05, 3.63) is 47.8 Å². The lowest BCUT2D eigenvalue weighted by molar-refractivity contribution is -0.126. The number of nitrogens with one attached hydrogen (secondary N) is 1. The predicted octanol–water partition coefficient (Wildman–Crippen LogP) is 0.973. The maximum atomic E-state index is 12.5. The van der Waals surface area contributed by atoms with Crippen LogP contribution >= 0.6 is 0 Å². The Morgan fingerprint density at radius 1 is 1.35 bits per heavy atom. The van der Waals surface area contributed by atoms with Gasteiger partial charge in [-0.3, -0.25) is 14.3 Å². The van der Waals surface area contributed by atoms with Gasteiger partial charge < -0.3 is 15.3 Å². The number of aromatic nitrogens is 2. The molecule has 1 saturated heterocycles. The number of rotatable bonds is 6. The highest BCUT2D eigenvalue weighted by Gasteiger charge is 2.34. The van der Waals surface area contributed by atoms with Crippen LogP contribution in [-0.4, -0.2) is 45.3 Å². The van der Waals surface area contributed by atoms with Gasteiger partial charge in [0.1, 0.15) is 6.04 Å². The van der Waals surface area contributed by atoms with Gasteiger partial charge in [0.15, 0.2) is 0 Å². The van der Waals surface area contributed by atoms with E-state index in [2.05, 4.69) is 10.4 Å². The number of nitrogens with zero attached hydrogens (tertiary/aromatic N) is 3. The quantitative estimate of drug-likeness (QED) is 0.803. The SMILES string of the molecule is Cn1cc(N2CCC(NC(=O)CCc3ccccc3C(=O)O)C2=O)cn1.